The van der Waals surface area contributed by atoms with E-state index in [0.29, 0.717) is 31.8 Å². The molecule has 4 aliphatic rings. The van der Waals surface area contributed by atoms with Crippen LogP contribution in [0.2, 0.25) is 0 Å². The van der Waals surface area contributed by atoms with Gasteiger partial charge in [0.1, 0.15) is 98.5 Å². The molecule has 4 aliphatic heterocycles. The summed E-state index contributed by atoms with van der Waals surface area (Å²) in [7, 11) is 4.34. The van der Waals surface area contributed by atoms with Crippen LogP contribution in [0.5, 0.6) is 11.5 Å². The number of aliphatic hydroxyl groups is 9. The van der Waals surface area contributed by atoms with Crippen molar-refractivity contribution < 1.29 is 136 Å². The van der Waals surface area contributed by atoms with E-state index in [-0.39, 0.29) is 77.7 Å². The van der Waals surface area contributed by atoms with E-state index >= 15 is 0 Å². The van der Waals surface area contributed by atoms with Gasteiger partial charge in [-0.1, -0.05) is 165 Å². The highest BCUT2D eigenvalue weighted by Gasteiger charge is 2.51. The molecule has 0 spiro atoms. The van der Waals surface area contributed by atoms with E-state index in [1.54, 1.807) is 69.5 Å². The van der Waals surface area contributed by atoms with E-state index in [1.165, 1.54) is 88.5 Å². The van der Waals surface area contributed by atoms with Gasteiger partial charge in [0.25, 0.3) is 0 Å². The van der Waals surface area contributed by atoms with Crippen LogP contribution < -0.4 is 9.47 Å². The number of esters is 2. The largest absolute Gasteiger partial charge is 0.497 e. The number of benzene rings is 4. The molecule has 20 unspecified atom stereocenters. The summed E-state index contributed by atoms with van der Waals surface area (Å²) in [6.07, 6.45) is -4.64. The molecule has 0 radical (unpaired) electrons. The molecule has 0 aromatic heterocycles. The lowest BCUT2D eigenvalue weighted by molar-refractivity contribution is -0.345. The second kappa shape index (κ2) is 56.0. The highest BCUT2D eigenvalue weighted by atomic mass is 16.7. The number of carbonyl (C=O) groups excluding carboxylic acids is 4. The summed E-state index contributed by atoms with van der Waals surface area (Å²) in [5.41, 5.74) is 3.19. The van der Waals surface area contributed by atoms with Crippen LogP contribution in [0.4, 0.5) is 0 Å². The van der Waals surface area contributed by atoms with Crippen molar-refractivity contribution in [1.82, 2.24) is 0 Å². The minimum absolute atomic E-state index is 0.0865. The molecular weight excluding hydrogens is 1550 g/mol. The second-order valence-corrected chi connectivity index (χ2v) is 29.5. The predicted octanol–water partition coefficient (Wildman–Crippen LogP) is 10.3. The standard InChI is InChI=1S/C24H24O7.C23H30O3.C16H26O8.C15H26O9.C7H14O.C7H14/c1-4-13-29-18(14-30-23(27)21-11-7-5-9-19(21)16(2)25)15-31-24(28)22-12-8-6-10-20(22)17(3)26;1-6-16-25-20(7-2)17-26-22-14-10-19(11-15-22)23(3,4)18-8-12-21(24-5)13-9-18;1-5-8-7(3)10(17)12(19)16(22-8)24-14-9(6-2)23-15(21-4)13(20)11(14)18;1-4-7-13(10(18)12(20)14(21-3)22-7)24-15-11(19)9(17)6(2)8(5-16)23-15;1-4-6-8-7(3)5-2;1-4-6-7(3)5-2/h4-12,18H,1,13-15H2,2-3H3;6,8-15,20H,1,7,16-17H2,2-5H3;5-20H,1-2H2,3-4H3;4,6-20H,1,5H2,2-3H3;4,7H,1,5-6H2,2-3H3;5,7H,2,4,6H2,1,3H3/t;;7?,8-,9+,10?,11?,12?,13?,14?,15?,16?;6?,7-,8?,9?,10?,11?,12?,13?,14?,15?;;/m..01../s1. The maximum atomic E-state index is 12.4. The van der Waals surface area contributed by atoms with E-state index in [4.69, 9.17) is 71.1 Å². The number of allylic oxidation sites excluding steroid dienone is 1. The van der Waals surface area contributed by atoms with Gasteiger partial charge in [0.05, 0.1) is 81.3 Å². The van der Waals surface area contributed by atoms with E-state index in [0.717, 1.165) is 24.3 Å². The highest BCUT2D eigenvalue weighted by Crippen LogP contribution is 2.36. The number of methoxy groups -OCH3 is 3. The Kier molecular flexibility index (Phi) is 49.6. The average molecular weight is 1690 g/mol. The Balaban J connectivity index is 0.000000391. The third kappa shape index (κ3) is 32.8. The van der Waals surface area contributed by atoms with Crippen molar-refractivity contribution >= 4 is 23.5 Å². The molecule has 28 heteroatoms. The SMILES string of the molecule is C=CC(C)CCC.C=CCOC(C)CC.C=CCOC(CC)COc1ccc(C(C)(C)c2ccc(OC)cc2)cc1.C=CCOC(COC(=O)c1ccccc1C(C)=O)COC(=O)c1ccccc1C(C)=O.C=C[C@@H]1OC(OC2C(O)C(O)C(OC)O[C@@H]2C=C)C(O)C(O)C1C.C=C[C@H]1OC(OC)C(O)C(O)C1OC1OC(CO)C(C)C(O)C1O. The molecule has 23 atom stereocenters. The Bertz CT molecular complexity index is 3610. The summed E-state index contributed by atoms with van der Waals surface area (Å²) in [5.74, 6) is -0.324. The average Bonchev–Trinajstić information content (AvgIpc) is 0.794. The summed E-state index contributed by atoms with van der Waals surface area (Å²) < 4.78 is 81.2. The molecule has 0 bridgehead atoms. The number of rotatable bonds is 38. The monoisotopic (exact) mass is 1690 g/mol. The van der Waals surface area contributed by atoms with E-state index in [2.05, 4.69) is 119 Å². The predicted molar refractivity (Wildman–Crippen MR) is 453 cm³/mol. The van der Waals surface area contributed by atoms with Gasteiger partial charge in [-0.2, -0.15) is 0 Å². The molecule has 4 aromatic rings. The molecule has 9 N–H and O–H groups in total. The van der Waals surface area contributed by atoms with Crippen molar-refractivity contribution in [3.05, 3.63) is 219 Å². The molecule has 120 heavy (non-hydrogen) atoms. The van der Waals surface area contributed by atoms with Crippen molar-refractivity contribution in [1.29, 1.82) is 0 Å². The quantitative estimate of drug-likeness (QED) is 0.0114. The van der Waals surface area contributed by atoms with Gasteiger partial charge in [-0.25, -0.2) is 9.59 Å². The molecular formula is C92H134O28. The molecule has 4 heterocycles. The zero-order valence-corrected chi connectivity index (χ0v) is 72.1. The van der Waals surface area contributed by atoms with Crippen LogP contribution in [0.25, 0.3) is 0 Å². The summed E-state index contributed by atoms with van der Waals surface area (Å²) in [6, 6.07) is 29.2. The Hall–Kier alpha value is -7.86. The molecule has 4 aromatic carbocycles. The second-order valence-electron chi connectivity index (χ2n) is 29.5. The molecule has 28 nitrogen and oxygen atoms in total. The lowest BCUT2D eigenvalue weighted by atomic mass is 9.78. The highest BCUT2D eigenvalue weighted by molar-refractivity contribution is 6.06. The molecule has 0 aliphatic carbocycles. The summed E-state index contributed by atoms with van der Waals surface area (Å²) in [6.45, 7) is 47.6. The van der Waals surface area contributed by atoms with Crippen molar-refractivity contribution in [2.45, 2.75) is 236 Å². The molecule has 4 saturated heterocycles. The van der Waals surface area contributed by atoms with Crippen LogP contribution in [0.15, 0.2) is 186 Å². The number of hydrogen-bond donors (Lipinski definition) is 9. The van der Waals surface area contributed by atoms with Gasteiger partial charge >= 0.3 is 11.9 Å². The Morgan fingerprint density at radius 1 is 0.475 bits per heavy atom. The van der Waals surface area contributed by atoms with Crippen LogP contribution in [-0.4, -0.2) is 266 Å². The van der Waals surface area contributed by atoms with Gasteiger partial charge in [-0.3, -0.25) is 9.59 Å². The fourth-order valence-corrected chi connectivity index (χ4v) is 12.4. The smallest absolute Gasteiger partial charge is 0.338 e. The number of ether oxygens (including phenoxy) is 15. The number of Topliss-reactive ketones (excluding diaryl/α,β-unsaturated/α-hetero) is 2. The maximum Gasteiger partial charge on any atom is 0.338 e. The Morgan fingerprint density at radius 2 is 0.867 bits per heavy atom. The van der Waals surface area contributed by atoms with Gasteiger partial charge < -0.3 is 117 Å². The van der Waals surface area contributed by atoms with Gasteiger partial charge in [-0.15, -0.1) is 46.1 Å². The van der Waals surface area contributed by atoms with Crippen LogP contribution in [0, 0.1) is 17.8 Å². The van der Waals surface area contributed by atoms with Crippen LogP contribution >= 0.6 is 0 Å². The van der Waals surface area contributed by atoms with Crippen LogP contribution in [0.3, 0.4) is 0 Å². The molecule has 8 rings (SSSR count). The third-order valence-electron chi connectivity index (χ3n) is 20.4. The number of hydrogen-bond acceptors (Lipinski definition) is 28. The van der Waals surface area contributed by atoms with Crippen molar-refractivity contribution in [3.63, 3.8) is 0 Å². The fourth-order valence-electron chi connectivity index (χ4n) is 12.4. The lowest BCUT2D eigenvalue weighted by Gasteiger charge is -2.45. The lowest BCUT2D eigenvalue weighted by Crippen LogP contribution is -2.62. The van der Waals surface area contributed by atoms with Gasteiger partial charge in [-0.05, 0) is 93.5 Å². The van der Waals surface area contributed by atoms with E-state index in [9.17, 15) is 65.1 Å². The summed E-state index contributed by atoms with van der Waals surface area (Å²) in [5, 5.41) is 90.4. The van der Waals surface area contributed by atoms with Gasteiger partial charge in [0.15, 0.2) is 36.7 Å². The first-order valence-corrected chi connectivity index (χ1v) is 40.3. The first-order chi connectivity index (χ1) is 57.2. The molecule has 4 fully saturated rings. The fraction of sp³-hybridized carbons (Fsp3) is 0.543. The zero-order valence-electron chi connectivity index (χ0n) is 72.1. The minimum atomic E-state index is -1.40. The first kappa shape index (κ1) is 106. The van der Waals surface area contributed by atoms with Gasteiger partial charge in [0.2, 0.25) is 0 Å². The zero-order chi connectivity index (χ0) is 89.9. The number of aliphatic hydroxyl groups excluding tert-OH is 9. The Labute approximate surface area is 708 Å². The van der Waals surface area contributed by atoms with Crippen LogP contribution in [0.1, 0.15) is 154 Å². The number of carbonyl (C=O) groups is 4. The van der Waals surface area contributed by atoms with Crippen molar-refractivity contribution in [2.24, 2.45) is 17.8 Å². The van der Waals surface area contributed by atoms with E-state index < -0.39 is 135 Å². The third-order valence-corrected chi connectivity index (χ3v) is 20.4. The topological polar surface area (TPSA) is 389 Å². The minimum Gasteiger partial charge on any atom is -0.497 e. The normalized spacial score (nSPS) is 26.9. The first-order valence-electron chi connectivity index (χ1n) is 40.3. The number of ketones is 2. The summed E-state index contributed by atoms with van der Waals surface area (Å²) >= 11 is 0. The van der Waals surface area contributed by atoms with Crippen LogP contribution in [-0.2, 0) is 67.0 Å². The van der Waals surface area contributed by atoms with Gasteiger partial charge in [0, 0.05) is 42.6 Å². The molecule has 0 saturated carbocycles. The van der Waals surface area contributed by atoms with Crippen molar-refractivity contribution in [2.75, 3.05) is 67.6 Å². The molecule has 0 amide bonds. The summed E-state index contributed by atoms with van der Waals surface area (Å²) in [4.78, 5) is 48.3. The Morgan fingerprint density at radius 3 is 1.23 bits per heavy atom. The van der Waals surface area contributed by atoms with Crippen molar-refractivity contribution in [3.8, 4) is 11.5 Å². The maximum absolute atomic E-state index is 12.4. The molecule has 670 valence electrons. The van der Waals surface area contributed by atoms with E-state index in [1.807, 2.05) is 30.3 Å².